The highest BCUT2D eigenvalue weighted by Gasteiger charge is 2.13. The number of nitrogens with zero attached hydrogens (tertiary/aromatic N) is 5. The molecule has 0 atom stereocenters. The van der Waals surface area contributed by atoms with Crippen LogP contribution in [0.2, 0.25) is 0 Å². The molecule has 6 nitrogen and oxygen atoms in total. The summed E-state index contributed by atoms with van der Waals surface area (Å²) in [6.07, 6.45) is 8.66. The van der Waals surface area contributed by atoms with E-state index < -0.39 is 0 Å². The minimum atomic E-state index is 0.637. The Kier molecular flexibility index (Phi) is 3.22. The monoisotopic (exact) mass is 307 g/mol. The number of imidazole rings is 2. The lowest BCUT2D eigenvalue weighted by Crippen LogP contribution is -2.00. The van der Waals surface area contributed by atoms with E-state index in [2.05, 4.69) is 34.3 Å². The first kappa shape index (κ1) is 13.8. The standard InChI is InChI=1S/C17H17N5O/c1-3-13-8-15(23-20-13)17-18-6-7-21(17)10-14-11-22-9-12(2)4-5-16(22)19-14/h4-9,11H,3,10H2,1-2H3. The summed E-state index contributed by atoms with van der Waals surface area (Å²) in [6.45, 7) is 4.76. The Bertz CT molecular complexity index is 962. The van der Waals surface area contributed by atoms with E-state index in [9.17, 15) is 0 Å². The third-order valence-electron chi connectivity index (χ3n) is 3.84. The van der Waals surface area contributed by atoms with Crippen LogP contribution in [0.1, 0.15) is 23.9 Å². The van der Waals surface area contributed by atoms with Crippen LogP contribution < -0.4 is 0 Å². The zero-order chi connectivity index (χ0) is 15.8. The van der Waals surface area contributed by atoms with Crippen LogP contribution in [0.4, 0.5) is 0 Å². The molecule has 6 heteroatoms. The average molecular weight is 307 g/mol. The number of aryl methyl sites for hydroxylation is 2. The maximum Gasteiger partial charge on any atom is 0.202 e. The fourth-order valence-electron chi connectivity index (χ4n) is 2.65. The van der Waals surface area contributed by atoms with Crippen molar-refractivity contribution < 1.29 is 4.52 Å². The maximum atomic E-state index is 5.39. The first-order valence-electron chi connectivity index (χ1n) is 7.64. The zero-order valence-electron chi connectivity index (χ0n) is 13.1. The van der Waals surface area contributed by atoms with Crippen molar-refractivity contribution in [3.8, 4) is 11.6 Å². The summed E-state index contributed by atoms with van der Waals surface area (Å²) in [5, 5.41) is 4.04. The van der Waals surface area contributed by atoms with Crippen molar-refractivity contribution in [3.05, 3.63) is 59.9 Å². The van der Waals surface area contributed by atoms with E-state index in [1.54, 1.807) is 6.20 Å². The molecule has 0 N–H and O–H groups in total. The first-order valence-corrected chi connectivity index (χ1v) is 7.64. The van der Waals surface area contributed by atoms with Crippen LogP contribution in [0.5, 0.6) is 0 Å². The number of hydrogen-bond acceptors (Lipinski definition) is 4. The van der Waals surface area contributed by atoms with Gasteiger partial charge in [-0.2, -0.15) is 0 Å². The van der Waals surface area contributed by atoms with Crippen LogP contribution in [0.25, 0.3) is 17.2 Å². The van der Waals surface area contributed by atoms with Gasteiger partial charge in [-0.05, 0) is 25.0 Å². The van der Waals surface area contributed by atoms with E-state index in [0.717, 1.165) is 29.3 Å². The van der Waals surface area contributed by atoms with Crippen LogP contribution >= 0.6 is 0 Å². The van der Waals surface area contributed by atoms with E-state index in [1.807, 2.05) is 40.4 Å². The van der Waals surface area contributed by atoms with Crippen LogP contribution in [-0.4, -0.2) is 24.1 Å². The smallest absolute Gasteiger partial charge is 0.202 e. The quantitative estimate of drug-likeness (QED) is 0.581. The fraction of sp³-hybridized carbons (Fsp3) is 0.235. The second kappa shape index (κ2) is 5.39. The molecule has 23 heavy (non-hydrogen) atoms. The third kappa shape index (κ3) is 2.52. The molecule has 0 spiro atoms. The van der Waals surface area contributed by atoms with Crippen molar-refractivity contribution in [2.45, 2.75) is 26.8 Å². The van der Waals surface area contributed by atoms with Gasteiger partial charge < -0.3 is 13.5 Å². The number of rotatable bonds is 4. The molecule has 4 aromatic heterocycles. The summed E-state index contributed by atoms with van der Waals surface area (Å²) >= 11 is 0. The Balaban J connectivity index is 1.67. The molecule has 4 aromatic rings. The average Bonchev–Trinajstić information content (AvgIpc) is 3.25. The van der Waals surface area contributed by atoms with Crippen LogP contribution in [0.15, 0.2) is 47.5 Å². The minimum absolute atomic E-state index is 0.637. The van der Waals surface area contributed by atoms with Crippen molar-refractivity contribution in [3.63, 3.8) is 0 Å². The third-order valence-corrected chi connectivity index (χ3v) is 3.84. The topological polar surface area (TPSA) is 61.2 Å². The van der Waals surface area contributed by atoms with Gasteiger partial charge >= 0.3 is 0 Å². The van der Waals surface area contributed by atoms with Gasteiger partial charge in [-0.1, -0.05) is 18.1 Å². The maximum absolute atomic E-state index is 5.39. The largest absolute Gasteiger partial charge is 0.353 e. The highest BCUT2D eigenvalue weighted by Crippen LogP contribution is 2.20. The van der Waals surface area contributed by atoms with Gasteiger partial charge in [0, 0.05) is 30.9 Å². The van der Waals surface area contributed by atoms with Gasteiger partial charge in [-0.25, -0.2) is 9.97 Å². The SMILES string of the molecule is CCc1cc(-c2nccn2Cc2cn3cc(C)ccc3n2)on1. The predicted octanol–water partition coefficient (Wildman–Crippen LogP) is 3.10. The van der Waals surface area contributed by atoms with Crippen LogP contribution in [0, 0.1) is 6.92 Å². The summed E-state index contributed by atoms with van der Waals surface area (Å²) < 4.78 is 9.46. The second-order valence-corrected chi connectivity index (χ2v) is 5.62. The molecule has 0 saturated heterocycles. The molecular formula is C17H17N5O. The van der Waals surface area contributed by atoms with Crippen LogP contribution in [-0.2, 0) is 13.0 Å². The zero-order valence-corrected chi connectivity index (χ0v) is 13.1. The predicted molar refractivity (Wildman–Crippen MR) is 86.1 cm³/mol. The molecule has 4 rings (SSSR count). The van der Waals surface area contributed by atoms with E-state index in [0.29, 0.717) is 12.3 Å². The van der Waals surface area contributed by atoms with Gasteiger partial charge in [0.2, 0.25) is 5.76 Å². The molecular weight excluding hydrogens is 290 g/mol. The molecule has 0 saturated carbocycles. The van der Waals surface area contributed by atoms with Gasteiger partial charge in [-0.15, -0.1) is 0 Å². The summed E-state index contributed by atoms with van der Waals surface area (Å²) in [4.78, 5) is 9.05. The molecule has 0 bridgehead atoms. The molecule has 0 amide bonds. The van der Waals surface area contributed by atoms with Gasteiger partial charge in [0.15, 0.2) is 5.82 Å². The molecule has 0 aliphatic heterocycles. The molecule has 0 aliphatic carbocycles. The van der Waals surface area contributed by atoms with Crippen LogP contribution in [0.3, 0.4) is 0 Å². The fourth-order valence-corrected chi connectivity index (χ4v) is 2.65. The van der Waals surface area contributed by atoms with Gasteiger partial charge in [0.25, 0.3) is 0 Å². The van der Waals surface area contributed by atoms with E-state index in [-0.39, 0.29) is 0 Å². The second-order valence-electron chi connectivity index (χ2n) is 5.62. The summed E-state index contributed by atoms with van der Waals surface area (Å²) in [5.74, 6) is 1.46. The van der Waals surface area contributed by atoms with E-state index >= 15 is 0 Å². The number of hydrogen-bond donors (Lipinski definition) is 0. The number of pyridine rings is 1. The molecule has 0 unspecified atom stereocenters. The van der Waals surface area contributed by atoms with Crippen molar-refractivity contribution >= 4 is 5.65 Å². The van der Waals surface area contributed by atoms with Crippen molar-refractivity contribution in [2.75, 3.05) is 0 Å². The molecule has 4 heterocycles. The summed E-state index contributed by atoms with van der Waals surface area (Å²) in [6, 6.07) is 6.03. The first-order chi connectivity index (χ1) is 11.2. The molecule has 0 fully saturated rings. The Morgan fingerprint density at radius 1 is 1.17 bits per heavy atom. The van der Waals surface area contributed by atoms with E-state index in [4.69, 9.17) is 4.52 Å². The van der Waals surface area contributed by atoms with Gasteiger partial charge in [0.1, 0.15) is 5.65 Å². The van der Waals surface area contributed by atoms with Crippen molar-refractivity contribution in [1.29, 1.82) is 0 Å². The molecule has 116 valence electrons. The molecule has 0 radical (unpaired) electrons. The molecule has 0 aliphatic rings. The Hall–Kier alpha value is -2.89. The highest BCUT2D eigenvalue weighted by atomic mass is 16.5. The number of aromatic nitrogens is 5. The summed E-state index contributed by atoms with van der Waals surface area (Å²) in [7, 11) is 0. The lowest BCUT2D eigenvalue weighted by atomic mass is 10.3. The number of fused-ring (bicyclic) bond motifs is 1. The van der Waals surface area contributed by atoms with Crippen molar-refractivity contribution in [1.82, 2.24) is 24.1 Å². The summed E-state index contributed by atoms with van der Waals surface area (Å²) in [5.41, 5.74) is 4.06. The Morgan fingerprint density at radius 2 is 2.09 bits per heavy atom. The van der Waals surface area contributed by atoms with Crippen molar-refractivity contribution in [2.24, 2.45) is 0 Å². The molecule has 0 aromatic carbocycles. The van der Waals surface area contributed by atoms with Gasteiger partial charge in [0.05, 0.1) is 17.9 Å². The highest BCUT2D eigenvalue weighted by molar-refractivity contribution is 5.48. The van der Waals surface area contributed by atoms with Gasteiger partial charge in [-0.3, -0.25) is 0 Å². The minimum Gasteiger partial charge on any atom is -0.353 e. The Labute approximate surface area is 133 Å². The normalized spacial score (nSPS) is 11.4. The lowest BCUT2D eigenvalue weighted by Gasteiger charge is -2.02. The lowest BCUT2D eigenvalue weighted by molar-refractivity contribution is 0.420. The Morgan fingerprint density at radius 3 is 2.91 bits per heavy atom. The van der Waals surface area contributed by atoms with E-state index in [1.165, 1.54) is 5.56 Å².